The lowest BCUT2D eigenvalue weighted by Crippen LogP contribution is -2.20. The molecule has 2 aromatic carbocycles. The molecule has 0 aliphatic heterocycles. The molecule has 0 unspecified atom stereocenters. The van der Waals surface area contributed by atoms with Gasteiger partial charge in [0.05, 0.1) is 20.4 Å². The van der Waals surface area contributed by atoms with E-state index in [0.29, 0.717) is 0 Å². The van der Waals surface area contributed by atoms with Crippen molar-refractivity contribution in [3.05, 3.63) is 48.5 Å². The van der Waals surface area contributed by atoms with E-state index in [1.165, 1.54) is 9.40 Å². The van der Waals surface area contributed by atoms with Gasteiger partial charge in [-0.2, -0.15) is 0 Å². The number of nitrogens with two attached hydrogens (primary N) is 2. The predicted octanol–water partition coefficient (Wildman–Crippen LogP) is 4.54. The first-order valence-corrected chi connectivity index (χ1v) is 10.6. The molecule has 0 spiro atoms. The highest BCUT2D eigenvalue weighted by atomic mass is 33.1. The van der Waals surface area contributed by atoms with E-state index in [4.69, 9.17) is 5.41 Å². The van der Waals surface area contributed by atoms with Gasteiger partial charge in [-0.1, -0.05) is 24.3 Å². The van der Waals surface area contributed by atoms with Gasteiger partial charge in [0.1, 0.15) is 0 Å². The molecule has 0 amide bonds. The van der Waals surface area contributed by atoms with Crippen LogP contribution in [0.3, 0.4) is 0 Å². The smallest absolute Gasteiger partial charge is 0.183 e. The first-order valence-electron chi connectivity index (χ1n) is 6.77. The van der Waals surface area contributed by atoms with Crippen LogP contribution in [0.2, 0.25) is 0 Å². The predicted molar refractivity (Wildman–Crippen MR) is 107 cm³/mol. The van der Waals surface area contributed by atoms with Gasteiger partial charge in [0.15, 0.2) is 14.6 Å². The fraction of sp³-hybridized carbons (Fsp3) is 0. The molecule has 9 heteroatoms. The molecule has 0 aliphatic rings. The Balaban J connectivity index is 0.000000383. The number of hydrogen-bond donors (Lipinski definition) is 3. The number of para-hydroxylation sites is 2. The largest absolute Gasteiger partial charge is 0.370 e. The maximum Gasteiger partial charge on any atom is 0.183 e. The molecule has 24 heavy (non-hydrogen) atoms. The minimum atomic E-state index is -0.333. The third-order valence-electron chi connectivity index (χ3n) is 2.73. The number of thiazole rings is 2. The minimum Gasteiger partial charge on any atom is -0.370 e. The number of hydrogen-bond acceptors (Lipinski definition) is 7. The molecular weight excluding hydrogens is 378 g/mol. The second-order valence-corrected chi connectivity index (χ2v) is 9.20. The maximum absolute atomic E-state index is 6.06. The Hall–Kier alpha value is -1.81. The Labute approximate surface area is 154 Å². The minimum absolute atomic E-state index is 0.333. The van der Waals surface area contributed by atoms with Crippen molar-refractivity contribution in [1.82, 2.24) is 9.97 Å². The lowest BCUT2D eigenvalue weighted by Gasteiger charge is -1.90. The van der Waals surface area contributed by atoms with Crippen molar-refractivity contribution in [2.75, 3.05) is 0 Å². The average molecular weight is 392 g/mol. The average Bonchev–Trinajstić information content (AvgIpc) is 3.15. The van der Waals surface area contributed by atoms with E-state index in [1.807, 2.05) is 12.1 Å². The number of fused-ring (bicyclic) bond motifs is 2. The van der Waals surface area contributed by atoms with Gasteiger partial charge in [0.25, 0.3) is 0 Å². The van der Waals surface area contributed by atoms with Gasteiger partial charge in [0.2, 0.25) is 0 Å². The van der Waals surface area contributed by atoms with Crippen molar-refractivity contribution in [3.63, 3.8) is 0 Å². The molecule has 2 aromatic heterocycles. The Kier molecular flexibility index (Phi) is 5.56. The summed E-state index contributed by atoms with van der Waals surface area (Å²) in [5.41, 5.74) is 11.1. The number of benzene rings is 2. The number of rotatable bonds is 3. The molecule has 4 rings (SSSR count). The van der Waals surface area contributed by atoms with E-state index in [1.54, 1.807) is 44.3 Å². The van der Waals surface area contributed by atoms with Crippen molar-refractivity contribution >= 4 is 70.7 Å². The van der Waals surface area contributed by atoms with Crippen LogP contribution in [-0.2, 0) is 0 Å². The molecule has 4 aromatic rings. The standard InChI is InChI=1S/C14H8N2S4.CH5N3/c1-3-7-11-9(5-1)15-13(17-11)19-20-14-16-10-6-2-4-8-12(10)18-14;2-1(3)4/h1-8H;(H5,2,3,4). The summed E-state index contributed by atoms with van der Waals surface area (Å²) < 4.78 is 4.63. The van der Waals surface area contributed by atoms with Crippen molar-refractivity contribution in [1.29, 1.82) is 5.41 Å². The van der Waals surface area contributed by atoms with Crippen molar-refractivity contribution < 1.29 is 0 Å². The lowest BCUT2D eigenvalue weighted by atomic mass is 10.3. The highest BCUT2D eigenvalue weighted by molar-refractivity contribution is 8.77. The Morgan fingerprint density at radius 1 is 0.792 bits per heavy atom. The highest BCUT2D eigenvalue weighted by Crippen LogP contribution is 2.43. The first-order chi connectivity index (χ1) is 11.6. The Bertz CT molecular complexity index is 834. The molecule has 0 saturated heterocycles. The molecule has 0 bridgehead atoms. The molecule has 0 saturated carbocycles. The zero-order chi connectivity index (χ0) is 16.9. The molecule has 5 nitrogen and oxygen atoms in total. The third kappa shape index (κ3) is 4.38. The molecule has 2 heterocycles. The van der Waals surface area contributed by atoms with E-state index < -0.39 is 0 Å². The molecule has 0 atom stereocenters. The van der Waals surface area contributed by atoms with Crippen LogP contribution in [0.1, 0.15) is 0 Å². The SMILES string of the molecule is N=C(N)N.c1ccc2sc(SSc3nc4ccccc4s3)nc2c1. The van der Waals surface area contributed by atoms with Crippen LogP contribution >= 0.6 is 44.3 Å². The van der Waals surface area contributed by atoms with Gasteiger partial charge >= 0.3 is 0 Å². The quantitative estimate of drug-likeness (QED) is 0.269. The summed E-state index contributed by atoms with van der Waals surface area (Å²) in [6.45, 7) is 0. The summed E-state index contributed by atoms with van der Waals surface area (Å²) >= 11 is 3.46. The Morgan fingerprint density at radius 2 is 1.17 bits per heavy atom. The van der Waals surface area contributed by atoms with E-state index in [2.05, 4.69) is 57.8 Å². The van der Waals surface area contributed by atoms with E-state index in [-0.39, 0.29) is 5.96 Å². The lowest BCUT2D eigenvalue weighted by molar-refractivity contribution is 1.31. The number of guanidine groups is 1. The van der Waals surface area contributed by atoms with Crippen LogP contribution in [0.4, 0.5) is 0 Å². The number of nitrogens with zero attached hydrogens (tertiary/aromatic N) is 2. The second kappa shape index (κ2) is 7.84. The second-order valence-electron chi connectivity index (χ2n) is 4.52. The zero-order valence-corrected chi connectivity index (χ0v) is 15.6. The summed E-state index contributed by atoms with van der Waals surface area (Å²) in [6.07, 6.45) is 0. The fourth-order valence-corrected chi connectivity index (χ4v) is 6.34. The van der Waals surface area contributed by atoms with E-state index in [0.717, 1.165) is 19.7 Å². The van der Waals surface area contributed by atoms with E-state index >= 15 is 0 Å². The molecule has 0 radical (unpaired) electrons. The molecule has 122 valence electrons. The van der Waals surface area contributed by atoms with Gasteiger partial charge in [0, 0.05) is 0 Å². The van der Waals surface area contributed by atoms with Crippen LogP contribution in [0.15, 0.2) is 57.2 Å². The molecule has 0 aliphatic carbocycles. The van der Waals surface area contributed by atoms with Crippen LogP contribution in [0.25, 0.3) is 20.4 Å². The van der Waals surface area contributed by atoms with E-state index in [9.17, 15) is 0 Å². The topological polar surface area (TPSA) is 102 Å². The van der Waals surface area contributed by atoms with Gasteiger partial charge in [-0.3, -0.25) is 5.41 Å². The molecule has 5 N–H and O–H groups in total. The summed E-state index contributed by atoms with van der Waals surface area (Å²) in [4.78, 5) is 9.24. The fourth-order valence-electron chi connectivity index (χ4n) is 1.84. The number of nitrogens with one attached hydrogen (secondary N) is 1. The first kappa shape index (κ1) is 17.0. The Morgan fingerprint density at radius 3 is 1.54 bits per heavy atom. The normalized spacial score (nSPS) is 10.5. The monoisotopic (exact) mass is 391 g/mol. The van der Waals surface area contributed by atoms with Crippen LogP contribution in [0, 0.1) is 5.41 Å². The van der Waals surface area contributed by atoms with Gasteiger partial charge in [-0.05, 0) is 45.9 Å². The van der Waals surface area contributed by atoms with Crippen LogP contribution < -0.4 is 11.5 Å². The van der Waals surface area contributed by atoms with Gasteiger partial charge in [-0.15, -0.1) is 22.7 Å². The summed E-state index contributed by atoms with van der Waals surface area (Å²) in [6, 6.07) is 16.5. The summed E-state index contributed by atoms with van der Waals surface area (Å²) in [7, 11) is 3.37. The summed E-state index contributed by atoms with van der Waals surface area (Å²) in [5.74, 6) is -0.333. The summed E-state index contributed by atoms with van der Waals surface area (Å²) in [5, 5.41) is 6.06. The zero-order valence-electron chi connectivity index (χ0n) is 12.3. The third-order valence-corrected chi connectivity index (χ3v) is 7.78. The number of aromatic nitrogens is 2. The maximum atomic E-state index is 6.06. The molecular formula is C15H13N5S4. The van der Waals surface area contributed by atoms with Gasteiger partial charge < -0.3 is 11.5 Å². The van der Waals surface area contributed by atoms with Crippen LogP contribution in [-0.4, -0.2) is 15.9 Å². The molecule has 0 fully saturated rings. The van der Waals surface area contributed by atoms with Crippen LogP contribution in [0.5, 0.6) is 0 Å². The highest BCUT2D eigenvalue weighted by Gasteiger charge is 2.08. The van der Waals surface area contributed by atoms with Crippen molar-refractivity contribution in [2.24, 2.45) is 11.5 Å². The van der Waals surface area contributed by atoms with Crippen molar-refractivity contribution in [2.45, 2.75) is 8.68 Å². The van der Waals surface area contributed by atoms with Crippen molar-refractivity contribution in [3.8, 4) is 0 Å². The van der Waals surface area contributed by atoms with Gasteiger partial charge in [-0.25, -0.2) is 9.97 Å².